The molecule has 0 spiro atoms. The SMILES string of the molecule is CC(C)CN(CC(C)C(=O)O)c1ccc(F)c(F)c1F. The van der Waals surface area contributed by atoms with Crippen molar-refractivity contribution in [1.82, 2.24) is 0 Å². The van der Waals surface area contributed by atoms with Crippen molar-refractivity contribution in [2.24, 2.45) is 11.8 Å². The smallest absolute Gasteiger partial charge is 0.308 e. The molecule has 6 heteroatoms. The Hall–Kier alpha value is -1.72. The van der Waals surface area contributed by atoms with Crippen LogP contribution in [0.25, 0.3) is 0 Å². The van der Waals surface area contributed by atoms with Crippen molar-refractivity contribution in [2.75, 3.05) is 18.0 Å². The highest BCUT2D eigenvalue weighted by Crippen LogP contribution is 2.25. The second-order valence-corrected chi connectivity index (χ2v) is 5.23. The van der Waals surface area contributed by atoms with Gasteiger partial charge in [0.25, 0.3) is 0 Å². The van der Waals surface area contributed by atoms with Gasteiger partial charge in [-0.2, -0.15) is 0 Å². The van der Waals surface area contributed by atoms with Crippen LogP contribution in [0.5, 0.6) is 0 Å². The lowest BCUT2D eigenvalue weighted by Gasteiger charge is -2.28. The first kappa shape index (κ1) is 16.3. The maximum atomic E-state index is 13.8. The molecule has 1 N–H and O–H groups in total. The number of hydrogen-bond donors (Lipinski definition) is 1. The van der Waals surface area contributed by atoms with E-state index in [9.17, 15) is 18.0 Å². The van der Waals surface area contributed by atoms with E-state index in [4.69, 9.17) is 5.11 Å². The number of nitrogens with zero attached hydrogens (tertiary/aromatic N) is 1. The van der Waals surface area contributed by atoms with Crippen molar-refractivity contribution in [2.45, 2.75) is 20.8 Å². The molecule has 0 amide bonds. The maximum absolute atomic E-state index is 13.8. The van der Waals surface area contributed by atoms with Crippen LogP contribution in [0.15, 0.2) is 12.1 Å². The highest BCUT2D eigenvalue weighted by molar-refractivity contribution is 5.70. The molecule has 1 aromatic carbocycles. The quantitative estimate of drug-likeness (QED) is 0.817. The summed E-state index contributed by atoms with van der Waals surface area (Å²) < 4.78 is 40.1. The summed E-state index contributed by atoms with van der Waals surface area (Å²) in [5, 5.41) is 8.93. The number of benzene rings is 1. The fraction of sp³-hybridized carbons (Fsp3) is 0.500. The standard InChI is InChI=1S/C14H18F3NO2/c1-8(2)6-18(7-9(3)14(19)20)11-5-4-10(15)12(16)13(11)17/h4-5,8-9H,6-7H2,1-3H3,(H,19,20). The zero-order chi connectivity index (χ0) is 15.4. The van der Waals surface area contributed by atoms with Gasteiger partial charge in [-0.3, -0.25) is 4.79 Å². The van der Waals surface area contributed by atoms with Gasteiger partial charge in [0.05, 0.1) is 11.6 Å². The maximum Gasteiger partial charge on any atom is 0.308 e. The number of rotatable bonds is 6. The van der Waals surface area contributed by atoms with Gasteiger partial charge in [0.15, 0.2) is 17.5 Å². The summed E-state index contributed by atoms with van der Waals surface area (Å²) in [7, 11) is 0. The zero-order valence-corrected chi connectivity index (χ0v) is 11.7. The molecule has 1 unspecified atom stereocenters. The van der Waals surface area contributed by atoms with Gasteiger partial charge in [-0.25, -0.2) is 13.2 Å². The van der Waals surface area contributed by atoms with Gasteiger partial charge < -0.3 is 10.0 Å². The molecule has 0 heterocycles. The summed E-state index contributed by atoms with van der Waals surface area (Å²) in [5.41, 5.74) is -0.120. The topological polar surface area (TPSA) is 40.5 Å². The van der Waals surface area contributed by atoms with Crippen molar-refractivity contribution in [3.8, 4) is 0 Å². The van der Waals surface area contributed by atoms with Crippen LogP contribution in [0.3, 0.4) is 0 Å². The monoisotopic (exact) mass is 289 g/mol. The van der Waals surface area contributed by atoms with Gasteiger partial charge in [-0.15, -0.1) is 0 Å². The number of aliphatic carboxylic acids is 1. The van der Waals surface area contributed by atoms with Crippen LogP contribution in [-0.2, 0) is 4.79 Å². The Kier molecular flexibility index (Phi) is 5.42. The Balaban J connectivity index is 3.11. The summed E-state index contributed by atoms with van der Waals surface area (Å²) >= 11 is 0. The van der Waals surface area contributed by atoms with Gasteiger partial charge in [0.1, 0.15) is 0 Å². The molecule has 0 radical (unpaired) electrons. The molecule has 0 fully saturated rings. The summed E-state index contributed by atoms with van der Waals surface area (Å²) in [5.74, 6) is -5.75. The zero-order valence-electron chi connectivity index (χ0n) is 11.7. The van der Waals surface area contributed by atoms with Crippen LogP contribution in [0, 0.1) is 29.3 Å². The highest BCUT2D eigenvalue weighted by Gasteiger charge is 2.22. The first-order valence-corrected chi connectivity index (χ1v) is 6.35. The summed E-state index contributed by atoms with van der Waals surface area (Å²) in [6.45, 7) is 5.59. The van der Waals surface area contributed by atoms with E-state index in [0.29, 0.717) is 6.54 Å². The second-order valence-electron chi connectivity index (χ2n) is 5.23. The molecule has 0 saturated carbocycles. The molecule has 0 saturated heterocycles. The highest BCUT2D eigenvalue weighted by atomic mass is 19.2. The average molecular weight is 289 g/mol. The van der Waals surface area contributed by atoms with E-state index < -0.39 is 29.3 Å². The number of halogens is 3. The predicted octanol–water partition coefficient (Wildman–Crippen LogP) is 3.29. The van der Waals surface area contributed by atoms with Crippen LogP contribution in [0.4, 0.5) is 18.9 Å². The predicted molar refractivity (Wildman–Crippen MR) is 70.2 cm³/mol. The van der Waals surface area contributed by atoms with Crippen LogP contribution >= 0.6 is 0 Å². The lowest BCUT2D eigenvalue weighted by molar-refractivity contribution is -0.140. The lowest BCUT2D eigenvalue weighted by Crippen LogP contribution is -2.35. The van der Waals surface area contributed by atoms with Gasteiger partial charge in [0.2, 0.25) is 0 Å². The molecular formula is C14H18F3NO2. The third-order valence-electron chi connectivity index (χ3n) is 2.86. The molecule has 112 valence electrons. The normalized spacial score (nSPS) is 12.6. The Bertz CT molecular complexity index is 492. The minimum Gasteiger partial charge on any atom is -0.481 e. The van der Waals surface area contributed by atoms with Crippen LogP contribution in [-0.4, -0.2) is 24.2 Å². The van der Waals surface area contributed by atoms with Gasteiger partial charge in [-0.1, -0.05) is 20.8 Å². The Labute approximate surface area is 116 Å². The van der Waals surface area contributed by atoms with Gasteiger partial charge in [0, 0.05) is 13.1 Å². The fourth-order valence-corrected chi connectivity index (χ4v) is 1.88. The Morgan fingerprint density at radius 1 is 1.15 bits per heavy atom. The van der Waals surface area contributed by atoms with Crippen molar-refractivity contribution in [1.29, 1.82) is 0 Å². The first-order chi connectivity index (χ1) is 9.23. The van der Waals surface area contributed by atoms with Crippen LogP contribution in [0.1, 0.15) is 20.8 Å². The lowest BCUT2D eigenvalue weighted by atomic mass is 10.1. The summed E-state index contributed by atoms with van der Waals surface area (Å²) in [6.07, 6.45) is 0. The third kappa shape index (κ3) is 3.88. The molecule has 0 aromatic heterocycles. The van der Waals surface area contributed by atoms with Crippen molar-refractivity contribution < 1.29 is 23.1 Å². The number of carbonyl (C=O) groups is 1. The summed E-state index contributed by atoms with van der Waals surface area (Å²) in [6, 6.07) is 1.97. The molecule has 3 nitrogen and oxygen atoms in total. The molecule has 0 aliphatic carbocycles. The minimum atomic E-state index is -1.54. The molecule has 20 heavy (non-hydrogen) atoms. The Morgan fingerprint density at radius 2 is 1.75 bits per heavy atom. The molecule has 1 atom stereocenters. The summed E-state index contributed by atoms with van der Waals surface area (Å²) in [4.78, 5) is 12.3. The number of carboxylic acid groups (broad SMARTS) is 1. The van der Waals surface area contributed by atoms with E-state index in [1.165, 1.54) is 11.8 Å². The van der Waals surface area contributed by atoms with E-state index in [-0.39, 0.29) is 18.2 Å². The molecule has 0 aliphatic heterocycles. The molecular weight excluding hydrogens is 271 g/mol. The van der Waals surface area contributed by atoms with Crippen LogP contribution in [0.2, 0.25) is 0 Å². The van der Waals surface area contributed by atoms with Gasteiger partial charge in [-0.05, 0) is 18.1 Å². The van der Waals surface area contributed by atoms with E-state index in [2.05, 4.69) is 0 Å². The number of anilines is 1. The second kappa shape index (κ2) is 6.63. The van der Waals surface area contributed by atoms with Crippen LogP contribution < -0.4 is 4.90 Å². The number of carboxylic acids is 1. The van der Waals surface area contributed by atoms with E-state index in [1.807, 2.05) is 13.8 Å². The largest absolute Gasteiger partial charge is 0.481 e. The minimum absolute atomic E-state index is 0.0233. The first-order valence-electron chi connectivity index (χ1n) is 6.35. The van der Waals surface area contributed by atoms with Crippen molar-refractivity contribution in [3.63, 3.8) is 0 Å². The molecule has 0 bridgehead atoms. The van der Waals surface area contributed by atoms with Crippen molar-refractivity contribution >= 4 is 11.7 Å². The molecule has 1 rings (SSSR count). The third-order valence-corrected chi connectivity index (χ3v) is 2.86. The molecule has 0 aliphatic rings. The van der Waals surface area contributed by atoms with E-state index in [0.717, 1.165) is 12.1 Å². The fourth-order valence-electron chi connectivity index (χ4n) is 1.88. The molecule has 1 aromatic rings. The van der Waals surface area contributed by atoms with Crippen molar-refractivity contribution in [3.05, 3.63) is 29.6 Å². The van der Waals surface area contributed by atoms with E-state index in [1.54, 1.807) is 0 Å². The van der Waals surface area contributed by atoms with Gasteiger partial charge >= 0.3 is 5.97 Å². The van der Waals surface area contributed by atoms with E-state index >= 15 is 0 Å². The average Bonchev–Trinajstić information content (AvgIpc) is 2.34. The number of hydrogen-bond acceptors (Lipinski definition) is 2. The Morgan fingerprint density at radius 3 is 2.25 bits per heavy atom.